The van der Waals surface area contributed by atoms with E-state index in [1.165, 1.54) is 5.56 Å². The molecule has 2 aromatic rings. The Bertz CT molecular complexity index is 540. The van der Waals surface area contributed by atoms with Crippen molar-refractivity contribution in [1.82, 2.24) is 4.98 Å². The van der Waals surface area contributed by atoms with Gasteiger partial charge in [0.1, 0.15) is 18.2 Å². The Morgan fingerprint density at radius 3 is 2.65 bits per heavy atom. The smallest absolute Gasteiger partial charge is 0.132 e. The van der Waals surface area contributed by atoms with Crippen LogP contribution in [0.15, 0.2) is 42.6 Å². The molecule has 0 fully saturated rings. The van der Waals surface area contributed by atoms with Crippen LogP contribution in [-0.2, 0) is 13.0 Å². The molecule has 0 saturated carbocycles. The molecule has 1 N–H and O–H groups in total. The lowest BCUT2D eigenvalue weighted by atomic mass is 10.1. The molecule has 0 aliphatic carbocycles. The number of pyridine rings is 1. The molecule has 3 heteroatoms. The molecule has 2 rings (SSSR count). The fourth-order valence-electron chi connectivity index (χ4n) is 2.05. The maximum Gasteiger partial charge on any atom is 0.132 e. The lowest BCUT2D eigenvalue weighted by molar-refractivity contribution is 0.303. The van der Waals surface area contributed by atoms with Gasteiger partial charge >= 0.3 is 0 Å². The second kappa shape index (κ2) is 7.53. The first-order valence-electron chi connectivity index (χ1n) is 7.23. The van der Waals surface area contributed by atoms with Gasteiger partial charge in [0, 0.05) is 18.3 Å². The number of hydrogen-bond donors (Lipinski definition) is 1. The number of aromatic nitrogens is 1. The Kier molecular flexibility index (Phi) is 5.42. The van der Waals surface area contributed by atoms with Crippen molar-refractivity contribution in [2.75, 3.05) is 11.9 Å². The Morgan fingerprint density at radius 1 is 1.05 bits per heavy atom. The van der Waals surface area contributed by atoms with E-state index in [1.807, 2.05) is 30.5 Å². The van der Waals surface area contributed by atoms with Gasteiger partial charge in [-0.1, -0.05) is 38.1 Å². The van der Waals surface area contributed by atoms with Crippen molar-refractivity contribution >= 4 is 5.82 Å². The summed E-state index contributed by atoms with van der Waals surface area (Å²) in [5, 5.41) is 3.34. The van der Waals surface area contributed by atoms with Crippen LogP contribution in [0.3, 0.4) is 0 Å². The highest BCUT2D eigenvalue weighted by Crippen LogP contribution is 2.21. The Hall–Kier alpha value is -2.03. The molecule has 0 unspecified atom stereocenters. The molecule has 106 valence electrons. The molecule has 0 spiro atoms. The lowest BCUT2D eigenvalue weighted by Gasteiger charge is -2.13. The minimum absolute atomic E-state index is 0.539. The van der Waals surface area contributed by atoms with E-state index in [0.717, 1.165) is 36.5 Å². The lowest BCUT2D eigenvalue weighted by Crippen LogP contribution is -2.07. The topological polar surface area (TPSA) is 34.2 Å². The third kappa shape index (κ3) is 3.73. The number of nitrogens with zero attached hydrogens (tertiary/aromatic N) is 1. The number of nitrogens with one attached hydrogen (secondary N) is 1. The molecule has 0 amide bonds. The van der Waals surface area contributed by atoms with Crippen molar-refractivity contribution in [1.29, 1.82) is 0 Å². The van der Waals surface area contributed by atoms with Gasteiger partial charge in [-0.15, -0.1) is 0 Å². The first-order chi connectivity index (χ1) is 9.85. The van der Waals surface area contributed by atoms with Gasteiger partial charge in [-0.25, -0.2) is 4.98 Å². The zero-order valence-electron chi connectivity index (χ0n) is 12.2. The molecule has 20 heavy (non-hydrogen) atoms. The van der Waals surface area contributed by atoms with Gasteiger partial charge in [0.25, 0.3) is 0 Å². The van der Waals surface area contributed by atoms with Gasteiger partial charge in [0.05, 0.1) is 0 Å². The summed E-state index contributed by atoms with van der Waals surface area (Å²) in [5.41, 5.74) is 2.33. The van der Waals surface area contributed by atoms with Crippen molar-refractivity contribution in [3.05, 3.63) is 53.7 Å². The van der Waals surface area contributed by atoms with Gasteiger partial charge in [-0.3, -0.25) is 0 Å². The standard InChI is InChI=1S/C17H22N2O/c1-3-11-18-17-15(9-7-12-19-17)13-20-16-10-6-5-8-14(16)4-2/h5-10,12H,3-4,11,13H2,1-2H3,(H,18,19). The van der Waals surface area contributed by atoms with Crippen LogP contribution in [0.1, 0.15) is 31.4 Å². The van der Waals surface area contributed by atoms with Gasteiger partial charge in [-0.05, 0) is 30.5 Å². The van der Waals surface area contributed by atoms with Crippen LogP contribution in [0.2, 0.25) is 0 Å². The van der Waals surface area contributed by atoms with Gasteiger partial charge in [-0.2, -0.15) is 0 Å². The van der Waals surface area contributed by atoms with Crippen molar-refractivity contribution in [3.8, 4) is 5.75 Å². The maximum absolute atomic E-state index is 5.95. The number of hydrogen-bond acceptors (Lipinski definition) is 3. The monoisotopic (exact) mass is 270 g/mol. The van der Waals surface area contributed by atoms with Crippen LogP contribution < -0.4 is 10.1 Å². The Labute approximate surface area is 121 Å². The molecular formula is C17H22N2O. The summed E-state index contributed by atoms with van der Waals surface area (Å²) in [5.74, 6) is 1.88. The maximum atomic E-state index is 5.95. The average molecular weight is 270 g/mol. The molecule has 0 bridgehead atoms. The van der Waals surface area contributed by atoms with Crippen LogP contribution in [0.5, 0.6) is 5.75 Å². The zero-order valence-corrected chi connectivity index (χ0v) is 12.2. The molecule has 0 aliphatic heterocycles. The molecule has 3 nitrogen and oxygen atoms in total. The molecule has 1 aromatic carbocycles. The summed E-state index contributed by atoms with van der Waals surface area (Å²) >= 11 is 0. The SMILES string of the molecule is CCCNc1ncccc1COc1ccccc1CC. The molecule has 0 saturated heterocycles. The quantitative estimate of drug-likeness (QED) is 0.824. The third-order valence-corrected chi connectivity index (χ3v) is 3.17. The summed E-state index contributed by atoms with van der Waals surface area (Å²) in [7, 11) is 0. The minimum atomic E-state index is 0.539. The van der Waals surface area contributed by atoms with Crippen molar-refractivity contribution in [2.45, 2.75) is 33.3 Å². The Balaban J connectivity index is 2.06. The molecular weight excluding hydrogens is 248 g/mol. The largest absolute Gasteiger partial charge is 0.488 e. The number of rotatable bonds is 7. The summed E-state index contributed by atoms with van der Waals surface area (Å²) in [6.45, 7) is 5.75. The molecule has 0 radical (unpaired) electrons. The normalized spacial score (nSPS) is 10.3. The minimum Gasteiger partial charge on any atom is -0.488 e. The first kappa shape index (κ1) is 14.4. The second-order valence-electron chi connectivity index (χ2n) is 4.69. The van der Waals surface area contributed by atoms with E-state index in [1.54, 1.807) is 0 Å². The highest BCUT2D eigenvalue weighted by molar-refractivity contribution is 5.43. The summed E-state index contributed by atoms with van der Waals surface area (Å²) in [6, 6.07) is 12.2. The van der Waals surface area contributed by atoms with E-state index in [4.69, 9.17) is 4.74 Å². The van der Waals surface area contributed by atoms with Crippen molar-refractivity contribution in [3.63, 3.8) is 0 Å². The number of benzene rings is 1. The van der Waals surface area contributed by atoms with E-state index < -0.39 is 0 Å². The predicted molar refractivity (Wildman–Crippen MR) is 83.2 cm³/mol. The second-order valence-corrected chi connectivity index (χ2v) is 4.69. The zero-order chi connectivity index (χ0) is 14.2. The summed E-state index contributed by atoms with van der Waals surface area (Å²) < 4.78 is 5.95. The summed E-state index contributed by atoms with van der Waals surface area (Å²) in [4.78, 5) is 4.38. The van der Waals surface area contributed by atoms with E-state index >= 15 is 0 Å². The number of para-hydroxylation sites is 1. The Morgan fingerprint density at radius 2 is 1.85 bits per heavy atom. The fraction of sp³-hybridized carbons (Fsp3) is 0.353. The van der Waals surface area contributed by atoms with Gasteiger partial charge in [0.15, 0.2) is 0 Å². The van der Waals surface area contributed by atoms with E-state index in [-0.39, 0.29) is 0 Å². The van der Waals surface area contributed by atoms with Crippen LogP contribution in [-0.4, -0.2) is 11.5 Å². The molecule has 0 atom stereocenters. The highest BCUT2D eigenvalue weighted by Gasteiger charge is 2.05. The van der Waals surface area contributed by atoms with E-state index in [2.05, 4.69) is 36.3 Å². The first-order valence-corrected chi connectivity index (χ1v) is 7.23. The van der Waals surface area contributed by atoms with Crippen LogP contribution >= 0.6 is 0 Å². The van der Waals surface area contributed by atoms with Crippen LogP contribution in [0, 0.1) is 0 Å². The van der Waals surface area contributed by atoms with Crippen molar-refractivity contribution < 1.29 is 4.74 Å². The fourth-order valence-corrected chi connectivity index (χ4v) is 2.05. The molecule has 1 aromatic heterocycles. The third-order valence-electron chi connectivity index (χ3n) is 3.17. The molecule has 0 aliphatic rings. The van der Waals surface area contributed by atoms with Crippen LogP contribution in [0.25, 0.3) is 0 Å². The van der Waals surface area contributed by atoms with Gasteiger partial charge < -0.3 is 10.1 Å². The average Bonchev–Trinajstić information content (AvgIpc) is 2.52. The van der Waals surface area contributed by atoms with E-state index in [0.29, 0.717) is 6.61 Å². The molecule has 1 heterocycles. The number of ether oxygens (including phenoxy) is 1. The number of anilines is 1. The van der Waals surface area contributed by atoms with Gasteiger partial charge in [0.2, 0.25) is 0 Å². The highest BCUT2D eigenvalue weighted by atomic mass is 16.5. The number of aryl methyl sites for hydroxylation is 1. The van der Waals surface area contributed by atoms with Crippen molar-refractivity contribution in [2.24, 2.45) is 0 Å². The van der Waals surface area contributed by atoms with Crippen LogP contribution in [0.4, 0.5) is 5.82 Å². The predicted octanol–water partition coefficient (Wildman–Crippen LogP) is 4.04. The van der Waals surface area contributed by atoms with E-state index in [9.17, 15) is 0 Å². The summed E-state index contributed by atoms with van der Waals surface area (Å²) in [6.07, 6.45) is 3.86.